The highest BCUT2D eigenvalue weighted by molar-refractivity contribution is 4.94. The zero-order valence-electron chi connectivity index (χ0n) is 11.5. The van der Waals surface area contributed by atoms with E-state index < -0.39 is 0 Å². The standard InChI is InChI=1S/C13H28N2O/c1-12(2,3)8-15(5)9-13(4,10-16)14-11-6-7-11/h11,14,16H,6-10H2,1-5H3. The van der Waals surface area contributed by atoms with Crippen molar-refractivity contribution >= 4 is 0 Å². The highest BCUT2D eigenvalue weighted by Gasteiger charge is 2.33. The molecule has 0 amide bonds. The number of aliphatic hydroxyl groups is 1. The molecule has 1 aliphatic rings. The summed E-state index contributed by atoms with van der Waals surface area (Å²) in [7, 11) is 2.13. The molecule has 0 aromatic carbocycles. The molecule has 1 atom stereocenters. The van der Waals surface area contributed by atoms with Crippen LogP contribution in [0, 0.1) is 5.41 Å². The zero-order valence-corrected chi connectivity index (χ0v) is 11.5. The summed E-state index contributed by atoms with van der Waals surface area (Å²) >= 11 is 0. The molecule has 0 aromatic heterocycles. The molecule has 1 saturated carbocycles. The van der Waals surface area contributed by atoms with E-state index in [1.54, 1.807) is 0 Å². The van der Waals surface area contributed by atoms with Crippen molar-refractivity contribution in [3.05, 3.63) is 0 Å². The first-order valence-electron chi connectivity index (χ1n) is 6.31. The lowest BCUT2D eigenvalue weighted by Crippen LogP contribution is -2.55. The van der Waals surface area contributed by atoms with Crippen molar-refractivity contribution in [2.45, 2.75) is 52.1 Å². The molecular formula is C13H28N2O. The van der Waals surface area contributed by atoms with Gasteiger partial charge in [0.1, 0.15) is 0 Å². The maximum atomic E-state index is 9.52. The van der Waals surface area contributed by atoms with Crippen LogP contribution in [0.1, 0.15) is 40.5 Å². The highest BCUT2D eigenvalue weighted by atomic mass is 16.3. The first-order valence-corrected chi connectivity index (χ1v) is 6.31. The third kappa shape index (κ3) is 5.28. The second-order valence-corrected chi connectivity index (χ2v) is 6.87. The SMILES string of the molecule is CN(CC(C)(C)C)CC(C)(CO)NC1CC1. The van der Waals surface area contributed by atoms with Crippen LogP contribution < -0.4 is 5.32 Å². The van der Waals surface area contributed by atoms with E-state index in [1.807, 2.05) is 0 Å². The summed E-state index contributed by atoms with van der Waals surface area (Å²) in [6.07, 6.45) is 2.52. The minimum absolute atomic E-state index is 0.152. The van der Waals surface area contributed by atoms with E-state index in [2.05, 4.69) is 45.0 Å². The molecule has 16 heavy (non-hydrogen) atoms. The Balaban J connectivity index is 2.41. The summed E-state index contributed by atoms with van der Waals surface area (Å²) in [5.74, 6) is 0. The van der Waals surface area contributed by atoms with Crippen molar-refractivity contribution in [1.29, 1.82) is 0 Å². The van der Waals surface area contributed by atoms with Crippen LogP contribution in [0.2, 0.25) is 0 Å². The fourth-order valence-corrected chi connectivity index (χ4v) is 2.32. The molecule has 0 spiro atoms. The lowest BCUT2D eigenvalue weighted by Gasteiger charge is -2.36. The molecule has 0 heterocycles. The summed E-state index contributed by atoms with van der Waals surface area (Å²) in [5, 5.41) is 13.1. The van der Waals surface area contributed by atoms with Crippen LogP contribution in [-0.4, -0.2) is 48.3 Å². The molecule has 3 nitrogen and oxygen atoms in total. The van der Waals surface area contributed by atoms with E-state index >= 15 is 0 Å². The van der Waals surface area contributed by atoms with Crippen molar-refractivity contribution in [3.8, 4) is 0 Å². The van der Waals surface area contributed by atoms with Crippen LogP contribution in [0.5, 0.6) is 0 Å². The molecule has 0 radical (unpaired) electrons. The van der Waals surface area contributed by atoms with Gasteiger partial charge in [0.2, 0.25) is 0 Å². The first-order chi connectivity index (χ1) is 7.24. The monoisotopic (exact) mass is 228 g/mol. The van der Waals surface area contributed by atoms with Gasteiger partial charge in [-0.25, -0.2) is 0 Å². The molecule has 0 saturated heterocycles. The Labute approximate surface area is 100 Å². The fraction of sp³-hybridized carbons (Fsp3) is 1.00. The molecule has 1 unspecified atom stereocenters. The number of likely N-dealkylation sites (N-methyl/N-ethyl adjacent to an activating group) is 1. The number of rotatable bonds is 6. The zero-order chi connectivity index (χ0) is 12.4. The van der Waals surface area contributed by atoms with E-state index in [9.17, 15) is 5.11 Å². The fourth-order valence-electron chi connectivity index (χ4n) is 2.32. The molecule has 0 bridgehead atoms. The average Bonchev–Trinajstić information content (AvgIpc) is 2.84. The largest absolute Gasteiger partial charge is 0.394 e. The van der Waals surface area contributed by atoms with E-state index in [4.69, 9.17) is 0 Å². The summed E-state index contributed by atoms with van der Waals surface area (Å²) in [4.78, 5) is 2.31. The van der Waals surface area contributed by atoms with Gasteiger partial charge in [-0.05, 0) is 32.2 Å². The van der Waals surface area contributed by atoms with Gasteiger partial charge in [0.25, 0.3) is 0 Å². The van der Waals surface area contributed by atoms with Gasteiger partial charge in [-0.15, -0.1) is 0 Å². The van der Waals surface area contributed by atoms with Crippen LogP contribution in [0.25, 0.3) is 0 Å². The summed E-state index contributed by atoms with van der Waals surface area (Å²) in [5.41, 5.74) is 0.159. The minimum Gasteiger partial charge on any atom is -0.394 e. The number of hydrogen-bond acceptors (Lipinski definition) is 3. The van der Waals surface area contributed by atoms with Crippen LogP contribution in [0.3, 0.4) is 0 Å². The Hall–Kier alpha value is -0.120. The average molecular weight is 228 g/mol. The molecule has 1 rings (SSSR count). The van der Waals surface area contributed by atoms with Gasteiger partial charge in [-0.3, -0.25) is 0 Å². The van der Waals surface area contributed by atoms with E-state index in [1.165, 1.54) is 12.8 Å². The maximum Gasteiger partial charge on any atom is 0.0623 e. The second-order valence-electron chi connectivity index (χ2n) is 6.87. The van der Waals surface area contributed by atoms with Crippen molar-refractivity contribution in [2.24, 2.45) is 5.41 Å². The molecule has 96 valence electrons. The number of nitrogens with zero attached hydrogens (tertiary/aromatic N) is 1. The summed E-state index contributed by atoms with van der Waals surface area (Å²) < 4.78 is 0. The van der Waals surface area contributed by atoms with Crippen LogP contribution >= 0.6 is 0 Å². The smallest absolute Gasteiger partial charge is 0.0623 e. The lowest BCUT2D eigenvalue weighted by molar-refractivity contribution is 0.113. The third-order valence-corrected chi connectivity index (χ3v) is 2.84. The van der Waals surface area contributed by atoms with Gasteiger partial charge in [0.05, 0.1) is 12.1 Å². The van der Waals surface area contributed by atoms with Crippen LogP contribution in [-0.2, 0) is 0 Å². The maximum absolute atomic E-state index is 9.52. The van der Waals surface area contributed by atoms with Gasteiger partial charge >= 0.3 is 0 Å². The molecule has 1 aliphatic carbocycles. The third-order valence-electron chi connectivity index (χ3n) is 2.84. The Morgan fingerprint density at radius 2 is 1.75 bits per heavy atom. The number of aliphatic hydroxyl groups excluding tert-OH is 1. The van der Waals surface area contributed by atoms with Gasteiger partial charge in [-0.2, -0.15) is 0 Å². The molecule has 1 fully saturated rings. The van der Waals surface area contributed by atoms with Crippen LogP contribution in [0.4, 0.5) is 0 Å². The first kappa shape index (κ1) is 13.9. The quantitative estimate of drug-likeness (QED) is 0.722. The number of nitrogens with one attached hydrogen (secondary N) is 1. The molecule has 0 aliphatic heterocycles. The topological polar surface area (TPSA) is 35.5 Å². The van der Waals surface area contributed by atoms with Gasteiger partial charge < -0.3 is 15.3 Å². The van der Waals surface area contributed by atoms with E-state index in [0.29, 0.717) is 11.5 Å². The Kier molecular flexibility index (Phi) is 4.38. The van der Waals surface area contributed by atoms with Gasteiger partial charge in [0, 0.05) is 19.1 Å². The van der Waals surface area contributed by atoms with Gasteiger partial charge in [-0.1, -0.05) is 20.8 Å². The van der Waals surface area contributed by atoms with Gasteiger partial charge in [0.15, 0.2) is 0 Å². The molecular weight excluding hydrogens is 200 g/mol. The van der Waals surface area contributed by atoms with Crippen molar-refractivity contribution in [3.63, 3.8) is 0 Å². The lowest BCUT2D eigenvalue weighted by atomic mass is 9.95. The Morgan fingerprint density at radius 1 is 1.19 bits per heavy atom. The molecule has 0 aromatic rings. The normalized spacial score (nSPS) is 21.2. The van der Waals surface area contributed by atoms with Crippen molar-refractivity contribution in [2.75, 3.05) is 26.7 Å². The molecule has 2 N–H and O–H groups in total. The summed E-state index contributed by atoms with van der Waals surface area (Å²) in [6.45, 7) is 11.0. The second kappa shape index (κ2) is 5.03. The predicted octanol–water partition coefficient (Wildman–Crippen LogP) is 1.47. The highest BCUT2D eigenvalue weighted by Crippen LogP contribution is 2.23. The van der Waals surface area contributed by atoms with E-state index in [-0.39, 0.29) is 12.1 Å². The van der Waals surface area contributed by atoms with Crippen molar-refractivity contribution in [1.82, 2.24) is 10.2 Å². The number of hydrogen-bond donors (Lipinski definition) is 2. The molecule has 3 heteroatoms. The van der Waals surface area contributed by atoms with E-state index in [0.717, 1.165) is 13.1 Å². The van der Waals surface area contributed by atoms with Crippen LogP contribution in [0.15, 0.2) is 0 Å². The van der Waals surface area contributed by atoms with Crippen molar-refractivity contribution < 1.29 is 5.11 Å². The minimum atomic E-state index is -0.152. The summed E-state index contributed by atoms with van der Waals surface area (Å²) in [6, 6.07) is 0.639. The Bertz CT molecular complexity index is 220. The Morgan fingerprint density at radius 3 is 2.12 bits per heavy atom. The predicted molar refractivity (Wildman–Crippen MR) is 68.6 cm³/mol.